The van der Waals surface area contributed by atoms with Gasteiger partial charge in [-0.3, -0.25) is 24.6 Å². The van der Waals surface area contributed by atoms with Crippen LogP contribution >= 0.6 is 0 Å². The maximum absolute atomic E-state index is 13.8. The molecule has 0 aliphatic heterocycles. The Morgan fingerprint density at radius 3 is 2.28 bits per heavy atom. The predicted octanol–water partition coefficient (Wildman–Crippen LogP) is 4.17. The van der Waals surface area contributed by atoms with Gasteiger partial charge in [0.2, 0.25) is 0 Å². The lowest BCUT2D eigenvalue weighted by molar-refractivity contribution is -0.403. The number of nitro groups is 1. The lowest BCUT2D eigenvalue weighted by Gasteiger charge is -2.33. The summed E-state index contributed by atoms with van der Waals surface area (Å²) in [6, 6.07) is 8.47. The molecule has 1 heterocycles. The highest BCUT2D eigenvalue weighted by Gasteiger charge is 2.37. The molecule has 0 N–H and O–H groups in total. The second-order valence-corrected chi connectivity index (χ2v) is 9.00. The Bertz CT molecular complexity index is 1190. The number of hydrogen-bond donors (Lipinski definition) is 0. The van der Waals surface area contributed by atoms with Crippen molar-refractivity contribution in [2.45, 2.75) is 78.6 Å². The molecule has 0 amide bonds. The number of ether oxygens (including phenoxy) is 1. The average molecular weight is 497 g/mol. The SMILES string of the molecule is CCCCN(CCCC)C(CC)OC1C=c2oc([N+](=O)[O-])c(CC)c2=C(C(=O)c2ccccc2)C1=O. The van der Waals surface area contributed by atoms with Gasteiger partial charge in [0.1, 0.15) is 22.7 Å². The highest BCUT2D eigenvalue weighted by molar-refractivity contribution is 6.47. The second-order valence-electron chi connectivity index (χ2n) is 9.00. The van der Waals surface area contributed by atoms with Gasteiger partial charge >= 0.3 is 5.88 Å². The Labute approximate surface area is 211 Å². The van der Waals surface area contributed by atoms with E-state index in [1.54, 1.807) is 37.3 Å². The van der Waals surface area contributed by atoms with Crippen LogP contribution in [0.3, 0.4) is 0 Å². The van der Waals surface area contributed by atoms with Gasteiger partial charge in [0.05, 0.1) is 11.1 Å². The van der Waals surface area contributed by atoms with Crippen molar-refractivity contribution >= 4 is 29.1 Å². The molecule has 0 fully saturated rings. The Hall–Kier alpha value is -3.10. The third-order valence-corrected chi connectivity index (χ3v) is 6.51. The van der Waals surface area contributed by atoms with E-state index in [0.29, 0.717) is 12.0 Å². The topological polar surface area (TPSA) is 103 Å². The van der Waals surface area contributed by atoms with E-state index in [1.807, 2.05) is 6.92 Å². The zero-order valence-corrected chi connectivity index (χ0v) is 21.6. The monoisotopic (exact) mass is 496 g/mol. The van der Waals surface area contributed by atoms with E-state index in [2.05, 4.69) is 18.7 Å². The van der Waals surface area contributed by atoms with Gasteiger partial charge in [-0.1, -0.05) is 70.9 Å². The van der Waals surface area contributed by atoms with Crippen LogP contribution < -0.4 is 10.6 Å². The maximum Gasteiger partial charge on any atom is 0.437 e. The number of hydrogen-bond acceptors (Lipinski definition) is 7. The molecule has 0 saturated carbocycles. The van der Waals surface area contributed by atoms with Gasteiger partial charge in [-0.05, 0) is 31.8 Å². The summed E-state index contributed by atoms with van der Waals surface area (Å²) in [5.41, 5.74) is 0.613. The highest BCUT2D eigenvalue weighted by Crippen LogP contribution is 2.23. The van der Waals surface area contributed by atoms with Crippen molar-refractivity contribution in [3.8, 4) is 0 Å². The molecule has 36 heavy (non-hydrogen) atoms. The Morgan fingerprint density at radius 2 is 1.75 bits per heavy atom. The van der Waals surface area contributed by atoms with Crippen LogP contribution in [-0.4, -0.2) is 46.8 Å². The van der Waals surface area contributed by atoms with Crippen molar-refractivity contribution in [3.63, 3.8) is 0 Å². The molecule has 8 heteroatoms. The molecule has 2 aromatic rings. The first-order valence-electron chi connectivity index (χ1n) is 12.9. The molecule has 1 aromatic carbocycles. The fourth-order valence-corrected chi connectivity index (χ4v) is 4.61. The van der Waals surface area contributed by atoms with Crippen LogP contribution in [-0.2, 0) is 16.0 Å². The number of carbonyl (C=O) groups excluding carboxylic acids is 2. The normalized spacial score (nSPS) is 16.1. The largest absolute Gasteiger partial charge is 0.437 e. The van der Waals surface area contributed by atoms with Crippen molar-refractivity contribution in [2.75, 3.05) is 13.1 Å². The maximum atomic E-state index is 13.8. The fraction of sp³-hybridized carbons (Fsp3) is 0.500. The van der Waals surface area contributed by atoms with E-state index >= 15 is 0 Å². The number of ketones is 2. The summed E-state index contributed by atoms with van der Waals surface area (Å²) in [7, 11) is 0. The molecule has 1 aromatic heterocycles. The number of unbranched alkanes of at least 4 members (excludes halogenated alkanes) is 2. The average Bonchev–Trinajstić information content (AvgIpc) is 3.26. The minimum Gasteiger partial charge on any atom is -0.401 e. The van der Waals surface area contributed by atoms with Gasteiger partial charge in [0, 0.05) is 23.9 Å². The van der Waals surface area contributed by atoms with Crippen LogP contribution in [0, 0.1) is 10.1 Å². The number of carbonyl (C=O) groups is 2. The van der Waals surface area contributed by atoms with E-state index in [-0.39, 0.29) is 34.4 Å². The van der Waals surface area contributed by atoms with E-state index in [0.717, 1.165) is 38.8 Å². The predicted molar refractivity (Wildman–Crippen MR) is 138 cm³/mol. The summed E-state index contributed by atoms with van der Waals surface area (Å²) in [6.07, 6.45) is 5.06. The van der Waals surface area contributed by atoms with Crippen LogP contribution in [0.1, 0.15) is 75.7 Å². The minimum atomic E-state index is -1.08. The lowest BCUT2D eigenvalue weighted by atomic mass is 9.90. The molecule has 0 bridgehead atoms. The van der Waals surface area contributed by atoms with Crippen LogP contribution in [0.15, 0.2) is 34.7 Å². The Morgan fingerprint density at radius 1 is 1.11 bits per heavy atom. The molecule has 0 saturated heterocycles. The summed E-state index contributed by atoms with van der Waals surface area (Å²) in [5.74, 6) is -1.42. The van der Waals surface area contributed by atoms with E-state index in [4.69, 9.17) is 9.15 Å². The van der Waals surface area contributed by atoms with Crippen LogP contribution in [0.25, 0.3) is 11.6 Å². The Balaban J connectivity index is 2.11. The number of rotatable bonds is 14. The van der Waals surface area contributed by atoms with Gasteiger partial charge in [-0.15, -0.1) is 0 Å². The quantitative estimate of drug-likeness (QED) is 0.167. The molecular formula is C28H36N2O6. The van der Waals surface area contributed by atoms with Crippen LogP contribution in [0.4, 0.5) is 5.88 Å². The van der Waals surface area contributed by atoms with Crippen molar-refractivity contribution in [1.82, 2.24) is 4.90 Å². The molecule has 194 valence electrons. The lowest BCUT2D eigenvalue weighted by Crippen LogP contribution is -2.47. The molecule has 2 atom stereocenters. The van der Waals surface area contributed by atoms with E-state index < -0.39 is 28.5 Å². The van der Waals surface area contributed by atoms with Crippen molar-refractivity contribution < 1.29 is 23.7 Å². The second kappa shape index (κ2) is 12.7. The van der Waals surface area contributed by atoms with Crippen molar-refractivity contribution in [2.24, 2.45) is 0 Å². The molecular weight excluding hydrogens is 460 g/mol. The number of furan rings is 1. The fourth-order valence-electron chi connectivity index (χ4n) is 4.61. The summed E-state index contributed by atoms with van der Waals surface area (Å²) >= 11 is 0. The van der Waals surface area contributed by atoms with Gasteiger partial charge in [-0.2, -0.15) is 0 Å². The summed E-state index contributed by atoms with van der Waals surface area (Å²) in [4.78, 5) is 40.7. The zero-order chi connectivity index (χ0) is 26.2. The number of nitrogens with zero attached hydrogens (tertiary/aromatic N) is 2. The standard InChI is InChI=1S/C28H36N2O6/c1-5-9-16-29(17-10-6-2)23(8-4)35-22-18-21-24(20(7-3)28(36-21)30(33)34)25(27(22)32)26(31)19-14-12-11-13-15-19/h11-15,18,22-23H,5-10,16-17H2,1-4H3. The van der Waals surface area contributed by atoms with Crippen LogP contribution in [0.2, 0.25) is 0 Å². The van der Waals surface area contributed by atoms with Gasteiger partial charge in [0.15, 0.2) is 11.6 Å². The first-order chi connectivity index (χ1) is 17.4. The molecule has 1 aliphatic rings. The first kappa shape index (κ1) is 27.5. The number of benzene rings is 1. The van der Waals surface area contributed by atoms with E-state index in [1.165, 1.54) is 6.08 Å². The van der Waals surface area contributed by atoms with E-state index in [9.17, 15) is 19.7 Å². The zero-order valence-electron chi connectivity index (χ0n) is 21.6. The first-order valence-corrected chi connectivity index (χ1v) is 12.9. The highest BCUT2D eigenvalue weighted by atomic mass is 16.6. The van der Waals surface area contributed by atoms with Crippen LogP contribution in [0.5, 0.6) is 0 Å². The molecule has 0 spiro atoms. The van der Waals surface area contributed by atoms with Gasteiger partial charge in [-0.25, -0.2) is 0 Å². The molecule has 8 nitrogen and oxygen atoms in total. The molecule has 1 aliphatic carbocycles. The number of fused-ring (bicyclic) bond motifs is 1. The third-order valence-electron chi connectivity index (χ3n) is 6.51. The minimum absolute atomic E-state index is 0.110. The number of Topliss-reactive ketones (excluding diaryl/α,β-unsaturated/α-hetero) is 2. The Kier molecular flexibility index (Phi) is 9.73. The summed E-state index contributed by atoms with van der Waals surface area (Å²) in [6.45, 7) is 9.68. The third kappa shape index (κ3) is 5.82. The molecule has 0 radical (unpaired) electrons. The smallest absolute Gasteiger partial charge is 0.401 e. The summed E-state index contributed by atoms with van der Waals surface area (Å²) < 4.78 is 12.0. The van der Waals surface area contributed by atoms with Crippen molar-refractivity contribution in [1.29, 1.82) is 0 Å². The van der Waals surface area contributed by atoms with Gasteiger partial charge in [0.25, 0.3) is 0 Å². The molecule has 3 rings (SSSR count). The van der Waals surface area contributed by atoms with Gasteiger partial charge < -0.3 is 9.15 Å². The summed E-state index contributed by atoms with van der Waals surface area (Å²) in [5, 5.41) is 11.9. The molecule has 2 unspecified atom stereocenters. The van der Waals surface area contributed by atoms with Crippen molar-refractivity contribution in [3.05, 3.63) is 62.2 Å².